The maximum atomic E-state index is 6.45. The van der Waals surface area contributed by atoms with Gasteiger partial charge in [0.05, 0.1) is 11.4 Å². The van der Waals surface area contributed by atoms with Crippen molar-refractivity contribution in [1.82, 2.24) is 10.2 Å². The second-order valence-electron chi connectivity index (χ2n) is 6.01. The van der Waals surface area contributed by atoms with Gasteiger partial charge in [-0.05, 0) is 67.3 Å². The van der Waals surface area contributed by atoms with Crippen LogP contribution in [-0.4, -0.2) is 10.2 Å². The molecule has 0 aliphatic heterocycles. The van der Waals surface area contributed by atoms with Crippen LogP contribution in [0.25, 0.3) is 0 Å². The smallest absolute Gasteiger partial charge is 0.0676 e. The van der Waals surface area contributed by atoms with Crippen molar-refractivity contribution in [3.63, 3.8) is 0 Å². The highest BCUT2D eigenvalue weighted by molar-refractivity contribution is 5.36. The van der Waals surface area contributed by atoms with Gasteiger partial charge in [0.2, 0.25) is 0 Å². The Bertz CT molecular complexity index is 649. The summed E-state index contributed by atoms with van der Waals surface area (Å²) in [5.74, 6) is 0. The summed E-state index contributed by atoms with van der Waals surface area (Å²) in [5.41, 5.74) is 13.9. The third-order valence-electron chi connectivity index (χ3n) is 4.38. The summed E-state index contributed by atoms with van der Waals surface area (Å²) in [6.45, 7) is 4.07. The van der Waals surface area contributed by atoms with Crippen LogP contribution in [0.1, 0.15) is 53.0 Å². The van der Waals surface area contributed by atoms with E-state index in [0.29, 0.717) is 0 Å². The van der Waals surface area contributed by atoms with E-state index < -0.39 is 0 Å². The van der Waals surface area contributed by atoms with Crippen LogP contribution in [0.2, 0.25) is 0 Å². The highest BCUT2D eigenvalue weighted by Crippen LogP contribution is 2.25. The molecule has 1 unspecified atom stereocenters. The summed E-state index contributed by atoms with van der Waals surface area (Å²) in [6, 6.07) is 8.94. The number of hydrogen-bond acceptors (Lipinski definition) is 3. The van der Waals surface area contributed by atoms with E-state index in [2.05, 4.69) is 41.4 Å². The molecule has 0 saturated heterocycles. The molecule has 1 aliphatic carbocycles. The highest BCUT2D eigenvalue weighted by atomic mass is 15.1. The van der Waals surface area contributed by atoms with E-state index >= 15 is 0 Å². The summed E-state index contributed by atoms with van der Waals surface area (Å²) in [6.07, 6.45) is 5.48. The quantitative estimate of drug-likeness (QED) is 0.937. The van der Waals surface area contributed by atoms with Crippen molar-refractivity contribution >= 4 is 0 Å². The fourth-order valence-corrected chi connectivity index (χ4v) is 3.25. The molecule has 3 heteroatoms. The fourth-order valence-electron chi connectivity index (χ4n) is 3.25. The second-order valence-corrected chi connectivity index (χ2v) is 6.01. The molecular formula is C18H23N3. The molecule has 3 rings (SSSR count). The molecule has 0 spiro atoms. The molecule has 1 atom stereocenters. The number of hydrogen-bond donors (Lipinski definition) is 1. The lowest BCUT2D eigenvalue weighted by molar-refractivity contribution is 0.691. The predicted octanol–water partition coefficient (Wildman–Crippen LogP) is 3.08. The minimum atomic E-state index is -0.00592. The van der Waals surface area contributed by atoms with E-state index in [0.717, 1.165) is 29.8 Å². The number of nitrogens with zero attached hydrogens (tertiary/aromatic N) is 2. The van der Waals surface area contributed by atoms with E-state index in [1.165, 1.54) is 36.0 Å². The first-order valence-electron chi connectivity index (χ1n) is 7.86. The zero-order valence-corrected chi connectivity index (χ0v) is 12.9. The van der Waals surface area contributed by atoms with Crippen LogP contribution in [0.5, 0.6) is 0 Å². The van der Waals surface area contributed by atoms with Crippen LogP contribution < -0.4 is 5.73 Å². The minimum absolute atomic E-state index is 0.00592. The molecule has 21 heavy (non-hydrogen) atoms. The average molecular weight is 281 g/mol. The SMILES string of the molecule is CCc1nnc(C)cc1C(N)Cc1ccc2c(c1)CCC2. The Morgan fingerprint density at radius 2 is 1.95 bits per heavy atom. The Morgan fingerprint density at radius 3 is 2.76 bits per heavy atom. The third-order valence-corrected chi connectivity index (χ3v) is 4.38. The number of aryl methyl sites for hydroxylation is 4. The molecule has 0 amide bonds. The minimum Gasteiger partial charge on any atom is -0.324 e. The van der Waals surface area contributed by atoms with Gasteiger partial charge in [0.1, 0.15) is 0 Å². The van der Waals surface area contributed by atoms with Gasteiger partial charge in [-0.15, -0.1) is 0 Å². The van der Waals surface area contributed by atoms with Crippen molar-refractivity contribution in [2.45, 2.75) is 52.0 Å². The first kappa shape index (κ1) is 14.2. The Labute approximate surface area is 126 Å². The van der Waals surface area contributed by atoms with Gasteiger partial charge in [0.15, 0.2) is 0 Å². The molecule has 1 heterocycles. The molecule has 2 aromatic rings. The van der Waals surface area contributed by atoms with E-state index in [4.69, 9.17) is 5.73 Å². The standard InChI is InChI=1S/C18H23N3/c1-3-18-16(9-12(2)20-21-18)17(19)11-13-7-8-14-5-4-6-15(14)10-13/h7-10,17H,3-6,11,19H2,1-2H3. The Morgan fingerprint density at radius 1 is 1.14 bits per heavy atom. The van der Waals surface area contributed by atoms with Gasteiger partial charge in [-0.1, -0.05) is 25.1 Å². The van der Waals surface area contributed by atoms with E-state index in [1.807, 2.05) is 6.92 Å². The largest absolute Gasteiger partial charge is 0.324 e. The maximum absolute atomic E-state index is 6.45. The van der Waals surface area contributed by atoms with Gasteiger partial charge < -0.3 is 5.73 Å². The predicted molar refractivity (Wildman–Crippen MR) is 85.2 cm³/mol. The fraction of sp³-hybridized carbons (Fsp3) is 0.444. The summed E-state index contributed by atoms with van der Waals surface area (Å²) in [4.78, 5) is 0. The lowest BCUT2D eigenvalue weighted by atomic mass is 9.95. The average Bonchev–Trinajstić information content (AvgIpc) is 2.94. The number of fused-ring (bicyclic) bond motifs is 1. The van der Waals surface area contributed by atoms with Crippen LogP contribution in [0.4, 0.5) is 0 Å². The van der Waals surface area contributed by atoms with Crippen LogP contribution in [0.3, 0.4) is 0 Å². The number of rotatable bonds is 4. The molecule has 0 radical (unpaired) electrons. The zero-order valence-electron chi connectivity index (χ0n) is 12.9. The van der Waals surface area contributed by atoms with Crippen LogP contribution in [0.15, 0.2) is 24.3 Å². The van der Waals surface area contributed by atoms with Gasteiger partial charge in [0.25, 0.3) is 0 Å². The van der Waals surface area contributed by atoms with Gasteiger partial charge in [0, 0.05) is 6.04 Å². The van der Waals surface area contributed by atoms with Crippen molar-refractivity contribution in [2.75, 3.05) is 0 Å². The first-order chi connectivity index (χ1) is 10.2. The molecule has 3 nitrogen and oxygen atoms in total. The highest BCUT2D eigenvalue weighted by Gasteiger charge is 2.15. The van der Waals surface area contributed by atoms with Gasteiger partial charge in [-0.25, -0.2) is 0 Å². The molecule has 110 valence electrons. The molecule has 0 saturated carbocycles. The first-order valence-corrected chi connectivity index (χ1v) is 7.86. The monoisotopic (exact) mass is 281 g/mol. The number of nitrogens with two attached hydrogens (primary N) is 1. The molecule has 0 fully saturated rings. The van der Waals surface area contributed by atoms with Crippen LogP contribution >= 0.6 is 0 Å². The van der Waals surface area contributed by atoms with Gasteiger partial charge in [-0.3, -0.25) is 0 Å². The van der Waals surface area contributed by atoms with Crippen molar-refractivity contribution in [1.29, 1.82) is 0 Å². The van der Waals surface area contributed by atoms with Crippen molar-refractivity contribution < 1.29 is 0 Å². The number of aromatic nitrogens is 2. The summed E-state index contributed by atoms with van der Waals surface area (Å²) < 4.78 is 0. The van der Waals surface area contributed by atoms with Crippen LogP contribution in [-0.2, 0) is 25.7 Å². The zero-order chi connectivity index (χ0) is 14.8. The molecular weight excluding hydrogens is 258 g/mol. The Hall–Kier alpha value is -1.74. The maximum Gasteiger partial charge on any atom is 0.0676 e. The molecule has 1 aliphatic rings. The van der Waals surface area contributed by atoms with Crippen molar-refractivity contribution in [3.05, 3.63) is 57.9 Å². The van der Waals surface area contributed by atoms with Gasteiger partial charge >= 0.3 is 0 Å². The topological polar surface area (TPSA) is 51.8 Å². The summed E-state index contributed by atoms with van der Waals surface area (Å²) >= 11 is 0. The summed E-state index contributed by atoms with van der Waals surface area (Å²) in [7, 11) is 0. The lowest BCUT2D eigenvalue weighted by Gasteiger charge is -2.16. The van der Waals surface area contributed by atoms with E-state index in [-0.39, 0.29) is 6.04 Å². The van der Waals surface area contributed by atoms with Gasteiger partial charge in [-0.2, -0.15) is 10.2 Å². The van der Waals surface area contributed by atoms with Crippen molar-refractivity contribution in [2.24, 2.45) is 5.73 Å². The third kappa shape index (κ3) is 2.98. The Kier molecular flexibility index (Phi) is 4.02. The van der Waals surface area contributed by atoms with Crippen molar-refractivity contribution in [3.8, 4) is 0 Å². The molecule has 0 bridgehead atoms. The second kappa shape index (κ2) is 5.94. The molecule has 2 N–H and O–H groups in total. The van der Waals surface area contributed by atoms with Crippen LogP contribution in [0, 0.1) is 6.92 Å². The molecule has 1 aromatic heterocycles. The number of benzene rings is 1. The van der Waals surface area contributed by atoms with E-state index in [1.54, 1.807) is 0 Å². The van der Waals surface area contributed by atoms with E-state index in [9.17, 15) is 0 Å². The molecule has 1 aromatic carbocycles. The Balaban J connectivity index is 1.83. The lowest BCUT2D eigenvalue weighted by Crippen LogP contribution is -2.17. The normalized spacial score (nSPS) is 15.0. The summed E-state index contributed by atoms with van der Waals surface area (Å²) in [5, 5.41) is 8.43.